The molecule has 3 rings (SSSR count). The van der Waals surface area contributed by atoms with E-state index in [1.807, 2.05) is 36.4 Å². The van der Waals surface area contributed by atoms with E-state index in [0.29, 0.717) is 6.54 Å². The van der Waals surface area contributed by atoms with E-state index in [2.05, 4.69) is 11.4 Å². The fraction of sp³-hybridized carbons (Fsp3) is 0.364. The standard InChI is InChI=1S/C22H25NO3/c1-26-20-8-4-5-16(13-20)15-23-22(25)12-11-21(24)19-10-9-17-6-2-3-7-18(17)14-19/h4-5,8-10,13-14H,2-3,6-7,11-12,15H2,1H3,(H,23,25). The average molecular weight is 351 g/mol. The van der Waals surface area contributed by atoms with Gasteiger partial charge in [-0.15, -0.1) is 0 Å². The predicted octanol–water partition coefficient (Wildman–Crippen LogP) is 3.85. The summed E-state index contributed by atoms with van der Waals surface area (Å²) < 4.78 is 5.17. The molecule has 136 valence electrons. The number of rotatable bonds is 7. The number of fused-ring (bicyclic) bond motifs is 1. The van der Waals surface area contributed by atoms with Gasteiger partial charge in [-0.25, -0.2) is 0 Å². The Morgan fingerprint density at radius 3 is 2.62 bits per heavy atom. The molecule has 0 fully saturated rings. The van der Waals surface area contributed by atoms with Gasteiger partial charge in [0.25, 0.3) is 0 Å². The Balaban J connectivity index is 1.48. The van der Waals surface area contributed by atoms with Gasteiger partial charge < -0.3 is 10.1 Å². The molecule has 1 aliphatic rings. The molecule has 0 saturated heterocycles. The monoisotopic (exact) mass is 351 g/mol. The van der Waals surface area contributed by atoms with E-state index in [4.69, 9.17) is 4.74 Å². The second-order valence-corrected chi connectivity index (χ2v) is 6.74. The zero-order valence-electron chi connectivity index (χ0n) is 15.2. The lowest BCUT2D eigenvalue weighted by molar-refractivity contribution is -0.121. The van der Waals surface area contributed by atoms with Gasteiger partial charge in [0.15, 0.2) is 5.78 Å². The lowest BCUT2D eigenvalue weighted by atomic mass is 9.89. The first kappa shape index (κ1) is 18.2. The van der Waals surface area contributed by atoms with Crippen molar-refractivity contribution < 1.29 is 14.3 Å². The summed E-state index contributed by atoms with van der Waals surface area (Å²) in [4.78, 5) is 24.4. The molecule has 0 spiro atoms. The van der Waals surface area contributed by atoms with Gasteiger partial charge in [-0.3, -0.25) is 9.59 Å². The van der Waals surface area contributed by atoms with Gasteiger partial charge in [0.05, 0.1) is 7.11 Å². The van der Waals surface area contributed by atoms with Crippen LogP contribution in [0.1, 0.15) is 52.7 Å². The smallest absolute Gasteiger partial charge is 0.220 e. The van der Waals surface area contributed by atoms with Crippen molar-refractivity contribution in [2.24, 2.45) is 0 Å². The molecular formula is C22H25NO3. The second kappa shape index (κ2) is 8.65. The first-order valence-corrected chi connectivity index (χ1v) is 9.20. The first-order valence-electron chi connectivity index (χ1n) is 9.20. The van der Waals surface area contributed by atoms with Gasteiger partial charge in [-0.2, -0.15) is 0 Å². The van der Waals surface area contributed by atoms with Crippen LogP contribution < -0.4 is 10.1 Å². The molecule has 1 aliphatic carbocycles. The third-order valence-electron chi connectivity index (χ3n) is 4.87. The predicted molar refractivity (Wildman–Crippen MR) is 101 cm³/mol. The topological polar surface area (TPSA) is 55.4 Å². The SMILES string of the molecule is COc1cccc(CNC(=O)CCC(=O)c2ccc3c(c2)CCCC3)c1. The van der Waals surface area contributed by atoms with Crippen molar-refractivity contribution in [1.29, 1.82) is 0 Å². The summed E-state index contributed by atoms with van der Waals surface area (Å²) in [6.07, 6.45) is 5.03. The number of aryl methyl sites for hydroxylation is 2. The highest BCUT2D eigenvalue weighted by Crippen LogP contribution is 2.23. The molecule has 4 nitrogen and oxygen atoms in total. The molecule has 0 aromatic heterocycles. The van der Waals surface area contributed by atoms with E-state index in [-0.39, 0.29) is 24.5 Å². The minimum atomic E-state index is -0.112. The lowest BCUT2D eigenvalue weighted by Crippen LogP contribution is -2.23. The minimum absolute atomic E-state index is 0.0369. The van der Waals surface area contributed by atoms with Gasteiger partial charge in [-0.05, 0) is 60.6 Å². The number of amides is 1. The Hall–Kier alpha value is -2.62. The Labute approximate surface area is 154 Å². The number of ketones is 1. The Bertz CT molecular complexity index is 798. The largest absolute Gasteiger partial charge is 0.497 e. The lowest BCUT2D eigenvalue weighted by Gasteiger charge is -2.16. The Morgan fingerprint density at radius 1 is 1.00 bits per heavy atom. The van der Waals surface area contributed by atoms with Gasteiger partial charge in [0.2, 0.25) is 5.91 Å². The van der Waals surface area contributed by atoms with Crippen molar-refractivity contribution in [2.75, 3.05) is 7.11 Å². The van der Waals surface area contributed by atoms with E-state index in [9.17, 15) is 9.59 Å². The van der Waals surface area contributed by atoms with Gasteiger partial charge in [0, 0.05) is 24.9 Å². The molecule has 0 aliphatic heterocycles. The van der Waals surface area contributed by atoms with Gasteiger partial charge in [0.1, 0.15) is 5.75 Å². The van der Waals surface area contributed by atoms with E-state index in [0.717, 1.165) is 29.7 Å². The van der Waals surface area contributed by atoms with E-state index in [1.165, 1.54) is 24.0 Å². The number of carbonyl (C=O) groups excluding carboxylic acids is 2. The van der Waals surface area contributed by atoms with Crippen LogP contribution in [0.4, 0.5) is 0 Å². The summed E-state index contributed by atoms with van der Waals surface area (Å²) in [5.74, 6) is 0.688. The van der Waals surface area contributed by atoms with Gasteiger partial charge >= 0.3 is 0 Å². The van der Waals surface area contributed by atoms with E-state index >= 15 is 0 Å². The summed E-state index contributed by atoms with van der Waals surface area (Å²) >= 11 is 0. The highest BCUT2D eigenvalue weighted by molar-refractivity contribution is 5.98. The average Bonchev–Trinajstić information content (AvgIpc) is 2.70. The zero-order chi connectivity index (χ0) is 18.4. The van der Waals surface area contributed by atoms with Crippen LogP contribution in [-0.4, -0.2) is 18.8 Å². The van der Waals surface area contributed by atoms with Crippen LogP contribution in [0.5, 0.6) is 5.75 Å². The van der Waals surface area contributed by atoms with Crippen molar-refractivity contribution >= 4 is 11.7 Å². The summed E-state index contributed by atoms with van der Waals surface area (Å²) in [5, 5.41) is 2.86. The second-order valence-electron chi connectivity index (χ2n) is 6.74. The zero-order valence-corrected chi connectivity index (χ0v) is 15.2. The van der Waals surface area contributed by atoms with Crippen molar-refractivity contribution in [2.45, 2.75) is 45.1 Å². The van der Waals surface area contributed by atoms with Crippen LogP contribution in [0.25, 0.3) is 0 Å². The minimum Gasteiger partial charge on any atom is -0.497 e. The Morgan fingerprint density at radius 2 is 1.81 bits per heavy atom. The van der Waals surface area contributed by atoms with Crippen LogP contribution in [0.3, 0.4) is 0 Å². The van der Waals surface area contributed by atoms with Crippen LogP contribution >= 0.6 is 0 Å². The van der Waals surface area contributed by atoms with Crippen molar-refractivity contribution in [3.63, 3.8) is 0 Å². The maximum absolute atomic E-state index is 12.4. The highest BCUT2D eigenvalue weighted by Gasteiger charge is 2.14. The van der Waals surface area contributed by atoms with Crippen molar-refractivity contribution in [3.05, 3.63) is 64.7 Å². The number of hydrogen-bond donors (Lipinski definition) is 1. The van der Waals surface area contributed by atoms with E-state index in [1.54, 1.807) is 7.11 Å². The normalized spacial score (nSPS) is 13.0. The molecule has 0 unspecified atom stereocenters. The molecule has 0 bridgehead atoms. The summed E-state index contributed by atoms with van der Waals surface area (Å²) in [6.45, 7) is 0.434. The summed E-state index contributed by atoms with van der Waals surface area (Å²) in [5.41, 5.74) is 4.36. The number of methoxy groups -OCH3 is 1. The molecule has 0 heterocycles. The van der Waals surface area contributed by atoms with Crippen LogP contribution in [-0.2, 0) is 24.2 Å². The molecular weight excluding hydrogens is 326 g/mol. The quantitative estimate of drug-likeness (QED) is 0.771. The van der Waals surface area contributed by atoms with Gasteiger partial charge in [-0.1, -0.05) is 24.3 Å². The fourth-order valence-electron chi connectivity index (χ4n) is 3.35. The molecule has 2 aromatic carbocycles. The van der Waals surface area contributed by atoms with Crippen LogP contribution in [0.2, 0.25) is 0 Å². The third-order valence-corrected chi connectivity index (χ3v) is 4.87. The third kappa shape index (κ3) is 4.72. The molecule has 0 saturated carbocycles. The number of benzene rings is 2. The maximum Gasteiger partial charge on any atom is 0.220 e. The molecule has 2 aromatic rings. The number of hydrogen-bond acceptors (Lipinski definition) is 3. The number of carbonyl (C=O) groups is 2. The van der Waals surface area contributed by atoms with Crippen molar-refractivity contribution in [3.8, 4) is 5.75 Å². The number of ether oxygens (including phenoxy) is 1. The van der Waals surface area contributed by atoms with Crippen LogP contribution in [0, 0.1) is 0 Å². The number of Topliss-reactive ketones (excluding diaryl/α,β-unsaturated/α-hetero) is 1. The molecule has 26 heavy (non-hydrogen) atoms. The maximum atomic E-state index is 12.4. The Kier molecular flexibility index (Phi) is 6.05. The molecule has 0 radical (unpaired) electrons. The molecule has 0 atom stereocenters. The van der Waals surface area contributed by atoms with E-state index < -0.39 is 0 Å². The highest BCUT2D eigenvalue weighted by atomic mass is 16.5. The summed E-state index contributed by atoms with van der Waals surface area (Å²) in [6, 6.07) is 13.6. The molecule has 1 N–H and O–H groups in total. The molecule has 4 heteroatoms. The van der Waals surface area contributed by atoms with Crippen molar-refractivity contribution in [1.82, 2.24) is 5.32 Å². The summed E-state index contributed by atoms with van der Waals surface area (Å²) in [7, 11) is 1.62. The fourth-order valence-corrected chi connectivity index (χ4v) is 3.35. The molecule has 1 amide bonds. The van der Waals surface area contributed by atoms with Crippen LogP contribution in [0.15, 0.2) is 42.5 Å². The number of nitrogens with one attached hydrogen (secondary N) is 1. The first-order chi connectivity index (χ1) is 12.7.